The second-order valence-electron chi connectivity index (χ2n) is 9.12. The molecule has 1 saturated heterocycles. The monoisotopic (exact) mass is 402 g/mol. The van der Waals surface area contributed by atoms with Crippen molar-refractivity contribution in [1.29, 1.82) is 0 Å². The number of nitrogens with one attached hydrogen (secondary N) is 1. The van der Waals surface area contributed by atoms with Crippen molar-refractivity contribution in [1.82, 2.24) is 5.32 Å². The summed E-state index contributed by atoms with van der Waals surface area (Å²) in [5.41, 5.74) is 0.962. The summed E-state index contributed by atoms with van der Waals surface area (Å²) in [5.74, 6) is 0.777. The largest absolute Gasteiger partial charge is 0.488 e. The van der Waals surface area contributed by atoms with E-state index < -0.39 is 11.7 Å². The van der Waals surface area contributed by atoms with Crippen LogP contribution in [0.2, 0.25) is 0 Å². The van der Waals surface area contributed by atoms with E-state index in [1.54, 1.807) is 0 Å². The molecule has 1 aliphatic heterocycles. The topological polar surface area (TPSA) is 67.9 Å². The highest BCUT2D eigenvalue weighted by Crippen LogP contribution is 2.36. The molecule has 0 radical (unpaired) electrons. The molecule has 1 saturated carbocycles. The molecule has 1 N–H and O–H groups in total. The predicted molar refractivity (Wildman–Crippen MR) is 114 cm³/mol. The van der Waals surface area contributed by atoms with Gasteiger partial charge in [-0.05, 0) is 71.4 Å². The Hall–Kier alpha value is -2.24. The lowest BCUT2D eigenvalue weighted by Crippen LogP contribution is -2.49. The molecule has 2 fully saturated rings. The van der Waals surface area contributed by atoms with E-state index in [0.717, 1.165) is 50.0 Å². The maximum Gasteiger partial charge on any atom is 0.407 e. The molecule has 0 spiro atoms. The number of aldehydes is 1. The van der Waals surface area contributed by atoms with Gasteiger partial charge >= 0.3 is 6.09 Å². The van der Waals surface area contributed by atoms with Crippen LogP contribution in [0.25, 0.3) is 0 Å². The second-order valence-corrected chi connectivity index (χ2v) is 9.12. The molecular weight excluding hydrogens is 368 g/mol. The molecule has 2 aliphatic rings. The minimum Gasteiger partial charge on any atom is -0.488 e. The molecule has 1 aromatic carbocycles. The van der Waals surface area contributed by atoms with Gasteiger partial charge in [-0.25, -0.2) is 4.79 Å². The fraction of sp³-hybridized carbons (Fsp3) is 0.652. The molecule has 0 aromatic heterocycles. The molecule has 1 aromatic rings. The van der Waals surface area contributed by atoms with E-state index >= 15 is 0 Å². The van der Waals surface area contributed by atoms with E-state index in [2.05, 4.69) is 10.2 Å². The average Bonchev–Trinajstić information content (AvgIpc) is 2.67. The Morgan fingerprint density at radius 2 is 1.90 bits per heavy atom. The third kappa shape index (κ3) is 6.12. The first-order chi connectivity index (χ1) is 13.9. The minimum absolute atomic E-state index is 0.0270. The summed E-state index contributed by atoms with van der Waals surface area (Å²) in [5, 5.41) is 2.98. The first-order valence-electron chi connectivity index (χ1n) is 10.8. The van der Waals surface area contributed by atoms with Gasteiger partial charge in [-0.3, -0.25) is 4.79 Å². The van der Waals surface area contributed by atoms with Crippen LogP contribution in [0.3, 0.4) is 0 Å². The molecule has 1 amide bonds. The lowest BCUT2D eigenvalue weighted by Gasteiger charge is -2.37. The molecule has 6 nitrogen and oxygen atoms in total. The van der Waals surface area contributed by atoms with E-state index in [1.165, 1.54) is 19.3 Å². The number of rotatable bonds is 5. The van der Waals surface area contributed by atoms with Crippen LogP contribution in [-0.2, 0) is 4.74 Å². The van der Waals surface area contributed by atoms with Gasteiger partial charge < -0.3 is 19.7 Å². The van der Waals surface area contributed by atoms with Crippen LogP contribution in [0.5, 0.6) is 5.75 Å². The third-order valence-corrected chi connectivity index (χ3v) is 5.46. The molecule has 0 unspecified atom stereocenters. The van der Waals surface area contributed by atoms with E-state index in [0.29, 0.717) is 12.1 Å². The highest BCUT2D eigenvalue weighted by molar-refractivity contribution is 5.87. The zero-order valence-electron chi connectivity index (χ0n) is 17.9. The van der Waals surface area contributed by atoms with Gasteiger partial charge in [-0.2, -0.15) is 0 Å². The first kappa shape index (κ1) is 21.5. The van der Waals surface area contributed by atoms with Crippen molar-refractivity contribution in [2.24, 2.45) is 0 Å². The summed E-state index contributed by atoms with van der Waals surface area (Å²) >= 11 is 0. The number of amides is 1. The van der Waals surface area contributed by atoms with Crippen molar-refractivity contribution in [2.75, 3.05) is 18.0 Å². The minimum atomic E-state index is -0.524. The van der Waals surface area contributed by atoms with Crippen LogP contribution in [-0.4, -0.2) is 43.2 Å². The number of hydrogen-bond acceptors (Lipinski definition) is 5. The highest BCUT2D eigenvalue weighted by Gasteiger charge is 2.28. The van der Waals surface area contributed by atoms with Gasteiger partial charge in [0.05, 0.1) is 11.8 Å². The van der Waals surface area contributed by atoms with Crippen molar-refractivity contribution in [3.8, 4) is 5.75 Å². The number of ether oxygens (including phenoxy) is 2. The Kier molecular flexibility index (Phi) is 7.04. The van der Waals surface area contributed by atoms with E-state index in [1.807, 2.05) is 39.0 Å². The molecule has 1 aliphatic carbocycles. The fourth-order valence-electron chi connectivity index (χ4n) is 4.20. The van der Waals surface area contributed by atoms with Crippen molar-refractivity contribution in [3.63, 3.8) is 0 Å². The van der Waals surface area contributed by atoms with Gasteiger partial charge in [0.2, 0.25) is 0 Å². The van der Waals surface area contributed by atoms with Gasteiger partial charge in [0.1, 0.15) is 11.4 Å². The first-order valence-corrected chi connectivity index (χ1v) is 10.8. The molecule has 160 valence electrons. The number of piperidine rings is 1. The van der Waals surface area contributed by atoms with Gasteiger partial charge in [0.15, 0.2) is 6.29 Å². The lowest BCUT2D eigenvalue weighted by molar-refractivity contribution is 0.0499. The van der Waals surface area contributed by atoms with Crippen LogP contribution < -0.4 is 15.0 Å². The summed E-state index contributed by atoms with van der Waals surface area (Å²) in [6.07, 6.45) is 8.31. The van der Waals surface area contributed by atoms with Crippen molar-refractivity contribution in [3.05, 3.63) is 23.8 Å². The van der Waals surface area contributed by atoms with Crippen LogP contribution >= 0.6 is 0 Å². The molecule has 29 heavy (non-hydrogen) atoms. The van der Waals surface area contributed by atoms with E-state index in [9.17, 15) is 9.59 Å². The molecular formula is C23H34N2O4. The van der Waals surface area contributed by atoms with Crippen molar-refractivity contribution >= 4 is 18.1 Å². The predicted octanol–water partition coefficient (Wildman–Crippen LogP) is 4.70. The van der Waals surface area contributed by atoms with Gasteiger partial charge in [-0.1, -0.05) is 12.5 Å². The summed E-state index contributed by atoms with van der Waals surface area (Å²) in [6.45, 7) is 7.03. The number of carbonyl (C=O) groups is 2. The average molecular weight is 403 g/mol. The zero-order chi connectivity index (χ0) is 20.9. The normalized spacial score (nSPS) is 20.8. The Labute approximate surface area is 173 Å². The number of carbonyl (C=O) groups excluding carboxylic acids is 2. The summed E-state index contributed by atoms with van der Waals surface area (Å²) < 4.78 is 11.8. The number of nitrogens with zero attached hydrogens (tertiary/aromatic N) is 1. The van der Waals surface area contributed by atoms with Gasteiger partial charge in [-0.15, -0.1) is 0 Å². The van der Waals surface area contributed by atoms with E-state index in [-0.39, 0.29) is 12.1 Å². The van der Waals surface area contributed by atoms with Crippen molar-refractivity contribution in [2.45, 2.75) is 83.5 Å². The number of hydrogen-bond donors (Lipinski definition) is 1. The molecule has 0 bridgehead atoms. The SMILES string of the molecule is CC(C)(C)OC(=O)N[C@@H]1CCCN(c2c(C=O)cccc2OC2CCCCC2)C1. The molecule has 3 rings (SSSR count). The maximum atomic E-state index is 12.2. The Morgan fingerprint density at radius 3 is 2.59 bits per heavy atom. The number of benzene rings is 1. The van der Waals surface area contributed by atoms with Crippen molar-refractivity contribution < 1.29 is 19.1 Å². The Bertz CT molecular complexity index is 707. The Balaban J connectivity index is 1.74. The summed E-state index contributed by atoms with van der Waals surface area (Å²) in [6, 6.07) is 5.65. The van der Waals surface area contributed by atoms with Gasteiger partial charge in [0.25, 0.3) is 0 Å². The number of alkyl carbamates (subject to hydrolysis) is 1. The number of para-hydroxylation sites is 1. The second kappa shape index (κ2) is 9.51. The van der Waals surface area contributed by atoms with Crippen LogP contribution in [0.15, 0.2) is 18.2 Å². The maximum absolute atomic E-state index is 12.2. The van der Waals surface area contributed by atoms with E-state index in [4.69, 9.17) is 9.47 Å². The van der Waals surface area contributed by atoms with Crippen LogP contribution in [0.4, 0.5) is 10.5 Å². The summed E-state index contributed by atoms with van der Waals surface area (Å²) in [7, 11) is 0. The standard InChI is InChI=1S/C23H34N2O4/c1-23(2,3)29-22(27)24-18-10-8-14-25(15-18)21-17(16-26)9-7-13-20(21)28-19-11-5-4-6-12-19/h7,9,13,16,18-19H,4-6,8,10-12,14-15H2,1-3H3,(H,24,27)/t18-/m1/s1. The van der Waals surface area contributed by atoms with Crippen LogP contribution in [0, 0.1) is 0 Å². The third-order valence-electron chi connectivity index (χ3n) is 5.46. The molecule has 1 atom stereocenters. The number of anilines is 1. The quantitative estimate of drug-likeness (QED) is 0.723. The Morgan fingerprint density at radius 1 is 1.14 bits per heavy atom. The zero-order valence-corrected chi connectivity index (χ0v) is 17.9. The molecule has 6 heteroatoms. The lowest BCUT2D eigenvalue weighted by atomic mass is 9.97. The summed E-state index contributed by atoms with van der Waals surface area (Å²) in [4.78, 5) is 26.1. The highest BCUT2D eigenvalue weighted by atomic mass is 16.6. The smallest absolute Gasteiger partial charge is 0.407 e. The fourth-order valence-corrected chi connectivity index (χ4v) is 4.20. The molecule has 1 heterocycles. The van der Waals surface area contributed by atoms with Gasteiger partial charge in [0, 0.05) is 24.7 Å². The van der Waals surface area contributed by atoms with Crippen LogP contribution in [0.1, 0.15) is 76.1 Å².